The summed E-state index contributed by atoms with van der Waals surface area (Å²) in [4.78, 5) is 96.0. The Bertz CT molecular complexity index is 1290. The number of nitrogens with zero attached hydrogens (tertiary/aromatic N) is 2. The molecule has 0 spiro atoms. The average molecular weight is 701 g/mol. The van der Waals surface area contributed by atoms with Gasteiger partial charge in [0.2, 0.25) is 29.4 Å². The van der Waals surface area contributed by atoms with Gasteiger partial charge in [-0.25, -0.2) is 4.79 Å². The molecule has 0 bridgehead atoms. The van der Waals surface area contributed by atoms with Crippen molar-refractivity contribution in [1.29, 1.82) is 0 Å². The molecule has 0 aromatic heterocycles. The minimum Gasteiger partial charge on any atom is -0.346 e. The van der Waals surface area contributed by atoms with Crippen LogP contribution in [0.5, 0.6) is 0 Å². The monoisotopic (exact) mass is 700 g/mol. The summed E-state index contributed by atoms with van der Waals surface area (Å²) in [7, 11) is 0. The van der Waals surface area contributed by atoms with E-state index in [0.29, 0.717) is 32.2 Å². The largest absolute Gasteiger partial charge is 0.346 e. The molecule has 3 aliphatic rings. The maximum Gasteiger partial charge on any atom is 0.315 e. The van der Waals surface area contributed by atoms with Crippen molar-refractivity contribution >= 4 is 41.4 Å². The lowest BCUT2D eigenvalue weighted by atomic mass is 9.81. The van der Waals surface area contributed by atoms with Crippen LogP contribution in [0.25, 0.3) is 0 Å². The fraction of sp³-hybridized carbons (Fsp3) is 0.757. The Balaban J connectivity index is 1.79. The molecule has 2 saturated heterocycles. The Morgan fingerprint density at radius 1 is 0.980 bits per heavy atom. The van der Waals surface area contributed by atoms with Gasteiger partial charge in [-0.15, -0.1) is 6.58 Å². The van der Waals surface area contributed by atoms with Crippen LogP contribution in [0.15, 0.2) is 12.7 Å². The molecule has 280 valence electrons. The number of Topliss-reactive ketones (excluding diaryl/α,β-unsaturated/α-hetero) is 1. The van der Waals surface area contributed by atoms with E-state index in [-0.39, 0.29) is 49.6 Å². The number of unbranched alkanes of at least 4 members (excludes halogenated alkanes) is 1. The Labute approximate surface area is 297 Å². The van der Waals surface area contributed by atoms with E-state index >= 15 is 0 Å². The van der Waals surface area contributed by atoms with Crippen LogP contribution in [0.4, 0.5) is 4.79 Å². The Kier molecular flexibility index (Phi) is 14.6. The smallest absolute Gasteiger partial charge is 0.315 e. The maximum atomic E-state index is 14.3. The van der Waals surface area contributed by atoms with Crippen molar-refractivity contribution in [2.24, 2.45) is 16.7 Å². The highest BCUT2D eigenvalue weighted by Crippen LogP contribution is 2.33. The number of nitrogens with one attached hydrogen (secondary N) is 4. The van der Waals surface area contributed by atoms with E-state index in [4.69, 9.17) is 0 Å². The summed E-state index contributed by atoms with van der Waals surface area (Å²) in [6.45, 7) is 15.3. The predicted molar refractivity (Wildman–Crippen MR) is 189 cm³/mol. The van der Waals surface area contributed by atoms with Crippen LogP contribution in [-0.2, 0) is 28.8 Å². The van der Waals surface area contributed by atoms with E-state index in [9.17, 15) is 33.6 Å². The second-order valence-corrected chi connectivity index (χ2v) is 15.9. The van der Waals surface area contributed by atoms with Crippen molar-refractivity contribution in [3.63, 3.8) is 0 Å². The molecule has 0 aromatic rings. The van der Waals surface area contributed by atoms with Crippen LogP contribution in [0.1, 0.15) is 119 Å². The van der Waals surface area contributed by atoms with Gasteiger partial charge in [-0.05, 0) is 49.9 Å². The highest BCUT2D eigenvalue weighted by Gasteiger charge is 2.44. The average Bonchev–Trinajstić information content (AvgIpc) is 3.57. The Morgan fingerprint density at radius 3 is 2.28 bits per heavy atom. The zero-order valence-electron chi connectivity index (χ0n) is 31.0. The number of ketones is 1. The lowest BCUT2D eigenvalue weighted by Gasteiger charge is -2.41. The topological polar surface area (TPSA) is 174 Å². The highest BCUT2D eigenvalue weighted by molar-refractivity contribution is 6.38. The molecule has 13 heteroatoms. The number of urea groups is 1. The Hall–Kier alpha value is -3.77. The molecule has 0 aromatic carbocycles. The number of likely N-dealkylation sites (tertiary alicyclic amines) is 2. The van der Waals surface area contributed by atoms with E-state index in [1.165, 1.54) is 15.9 Å². The van der Waals surface area contributed by atoms with Gasteiger partial charge in [0, 0.05) is 31.5 Å². The molecule has 50 heavy (non-hydrogen) atoms. The first kappa shape index (κ1) is 40.7. The summed E-state index contributed by atoms with van der Waals surface area (Å²) in [5.74, 6) is -3.08. The van der Waals surface area contributed by atoms with Gasteiger partial charge in [-0.2, -0.15) is 0 Å². The molecule has 4 atom stereocenters. The van der Waals surface area contributed by atoms with Gasteiger partial charge in [0.05, 0.1) is 12.1 Å². The van der Waals surface area contributed by atoms with Gasteiger partial charge in [0.15, 0.2) is 0 Å². The summed E-state index contributed by atoms with van der Waals surface area (Å²) >= 11 is 0. The van der Waals surface area contributed by atoms with Crippen molar-refractivity contribution < 1.29 is 33.6 Å². The quantitative estimate of drug-likeness (QED) is 0.115. The fourth-order valence-electron chi connectivity index (χ4n) is 7.07. The van der Waals surface area contributed by atoms with Crippen LogP contribution < -0.4 is 21.3 Å². The van der Waals surface area contributed by atoms with E-state index in [2.05, 4.69) is 27.8 Å². The molecule has 1 aliphatic carbocycles. The van der Waals surface area contributed by atoms with Crippen molar-refractivity contribution in [3.05, 3.63) is 12.7 Å². The number of hydrogen-bond donors (Lipinski definition) is 4. The first-order valence-electron chi connectivity index (χ1n) is 18.5. The first-order valence-corrected chi connectivity index (χ1v) is 18.5. The van der Waals surface area contributed by atoms with E-state index in [0.717, 1.165) is 38.5 Å². The zero-order chi connectivity index (χ0) is 37.2. The van der Waals surface area contributed by atoms with Crippen LogP contribution in [-0.4, -0.2) is 95.0 Å². The molecule has 1 saturated carbocycles. The summed E-state index contributed by atoms with van der Waals surface area (Å²) in [6.07, 6.45) is 9.15. The van der Waals surface area contributed by atoms with Gasteiger partial charge < -0.3 is 26.2 Å². The summed E-state index contributed by atoms with van der Waals surface area (Å²) < 4.78 is 0. The number of rotatable bonds is 15. The maximum absolute atomic E-state index is 14.3. The summed E-state index contributed by atoms with van der Waals surface area (Å²) in [5, 5.41) is 11.2. The lowest BCUT2D eigenvalue weighted by Crippen LogP contribution is -2.62. The number of carbonyl (C=O) groups is 7. The van der Waals surface area contributed by atoms with Gasteiger partial charge in [-0.1, -0.05) is 79.7 Å². The van der Waals surface area contributed by atoms with Crippen molar-refractivity contribution in [2.45, 2.75) is 143 Å². The molecule has 3 rings (SSSR count). The van der Waals surface area contributed by atoms with E-state index in [1.807, 2.05) is 41.5 Å². The summed E-state index contributed by atoms with van der Waals surface area (Å²) in [6, 6.07) is -3.96. The number of imide groups is 1. The number of amides is 7. The zero-order valence-corrected chi connectivity index (χ0v) is 31.0. The molecule has 13 nitrogen and oxygen atoms in total. The molecule has 2 heterocycles. The first-order chi connectivity index (χ1) is 23.5. The van der Waals surface area contributed by atoms with Gasteiger partial charge in [0.1, 0.15) is 12.1 Å². The SMILES string of the molecule is C=CCNC(=O)C(=O)C(CCCC)NC(=O)[C@@H]1CCCN1C(=O)[C@@H](NC(=O)N[C@H](CN1C(=O)CCC(C)(C)C1=O)C(C)(C)C)C1CCCCC1. The normalized spacial score (nSPS) is 21.5. The molecular formula is C37H60N6O7. The molecule has 2 aliphatic heterocycles. The highest BCUT2D eigenvalue weighted by atomic mass is 16.2. The second-order valence-electron chi connectivity index (χ2n) is 15.9. The molecular weight excluding hydrogens is 640 g/mol. The van der Waals surface area contributed by atoms with E-state index < -0.39 is 58.6 Å². The van der Waals surface area contributed by atoms with Crippen molar-refractivity contribution in [2.75, 3.05) is 19.6 Å². The van der Waals surface area contributed by atoms with Crippen LogP contribution >= 0.6 is 0 Å². The van der Waals surface area contributed by atoms with E-state index in [1.54, 1.807) is 0 Å². The number of hydrogen-bond acceptors (Lipinski definition) is 7. The standard InChI is InChI=1S/C37H60N6O7/c1-8-10-17-25(30(45)32(47)38-21-9-2)39-31(46)26-18-14-22-42(26)33(48)29(24-15-12-11-13-16-24)41-35(50)40-27(36(3,4)5)23-43-28(44)19-20-37(6,7)34(43)49/h9,24-27,29H,2,8,10-23H2,1,3-7H3,(H,38,47)(H,39,46)(H2,40,41,50)/t25?,26-,27+,29-/m0/s1. The van der Waals surface area contributed by atoms with Crippen molar-refractivity contribution in [1.82, 2.24) is 31.1 Å². The van der Waals surface area contributed by atoms with Crippen LogP contribution in [0.2, 0.25) is 0 Å². The molecule has 7 amide bonds. The third-order valence-corrected chi connectivity index (χ3v) is 10.4. The third-order valence-electron chi connectivity index (χ3n) is 10.4. The van der Waals surface area contributed by atoms with Crippen molar-refractivity contribution in [3.8, 4) is 0 Å². The molecule has 1 unspecified atom stereocenters. The van der Waals surface area contributed by atoms with Gasteiger partial charge >= 0.3 is 6.03 Å². The fourth-order valence-corrected chi connectivity index (χ4v) is 7.07. The summed E-state index contributed by atoms with van der Waals surface area (Å²) in [5.41, 5.74) is -1.22. The van der Waals surface area contributed by atoms with Gasteiger partial charge in [-0.3, -0.25) is 33.7 Å². The van der Waals surface area contributed by atoms with Crippen LogP contribution in [0, 0.1) is 16.7 Å². The minimum atomic E-state index is -1.03. The molecule has 0 radical (unpaired) electrons. The molecule has 3 fully saturated rings. The van der Waals surface area contributed by atoms with Crippen LogP contribution in [0.3, 0.4) is 0 Å². The predicted octanol–water partition coefficient (Wildman–Crippen LogP) is 3.36. The third kappa shape index (κ3) is 10.6. The minimum absolute atomic E-state index is 0.0119. The number of piperidine rings is 1. The number of carbonyl (C=O) groups excluding carboxylic acids is 7. The lowest BCUT2D eigenvalue weighted by molar-refractivity contribution is -0.157. The molecule has 4 N–H and O–H groups in total. The Morgan fingerprint density at radius 2 is 1.66 bits per heavy atom. The van der Waals surface area contributed by atoms with Gasteiger partial charge in [0.25, 0.3) is 5.91 Å². The second kappa shape index (κ2) is 17.9.